The van der Waals surface area contributed by atoms with E-state index >= 15 is 0 Å². The van der Waals surface area contributed by atoms with E-state index in [0.717, 1.165) is 21.4 Å². The Balaban J connectivity index is 2.58. The fourth-order valence-corrected chi connectivity index (χ4v) is 2.17. The molecule has 16 heavy (non-hydrogen) atoms. The van der Waals surface area contributed by atoms with E-state index in [2.05, 4.69) is 21.0 Å². The predicted molar refractivity (Wildman–Crippen MR) is 71.9 cm³/mol. The van der Waals surface area contributed by atoms with Crippen molar-refractivity contribution in [2.75, 3.05) is 0 Å². The molecule has 1 aromatic carbocycles. The number of para-hydroxylation sites is 1. The molecule has 3 nitrogen and oxygen atoms in total. The van der Waals surface area contributed by atoms with Crippen molar-refractivity contribution in [3.8, 4) is 5.69 Å². The Morgan fingerprint density at radius 2 is 2.12 bits per heavy atom. The van der Waals surface area contributed by atoms with Crippen LogP contribution in [0.1, 0.15) is 11.3 Å². The minimum absolute atomic E-state index is 0.371. The normalized spacial score (nSPS) is 10.4. The lowest BCUT2D eigenvalue weighted by Crippen LogP contribution is -2.10. The molecule has 0 bridgehead atoms. The minimum atomic E-state index is 0.371. The van der Waals surface area contributed by atoms with Crippen molar-refractivity contribution in [1.82, 2.24) is 9.78 Å². The maximum absolute atomic E-state index is 5.61. The molecule has 0 saturated heterocycles. The number of rotatable bonds is 2. The van der Waals surface area contributed by atoms with Crippen LogP contribution in [0.2, 0.25) is 0 Å². The average Bonchev–Trinajstić information content (AvgIpc) is 2.61. The summed E-state index contributed by atoms with van der Waals surface area (Å²) in [7, 11) is 0. The molecule has 2 N–H and O–H groups in total. The van der Waals surface area contributed by atoms with E-state index in [9.17, 15) is 0 Å². The number of nitrogens with two attached hydrogens (primary N) is 1. The monoisotopic (exact) mass is 295 g/mol. The van der Waals surface area contributed by atoms with Crippen molar-refractivity contribution in [3.63, 3.8) is 0 Å². The Hall–Kier alpha value is -1.20. The van der Waals surface area contributed by atoms with Gasteiger partial charge in [0.05, 0.1) is 23.1 Å². The van der Waals surface area contributed by atoms with Crippen LogP contribution < -0.4 is 5.73 Å². The maximum atomic E-state index is 5.61. The zero-order valence-corrected chi connectivity index (χ0v) is 11.0. The molecule has 82 valence electrons. The molecular weight excluding hydrogens is 286 g/mol. The highest BCUT2D eigenvalue weighted by Crippen LogP contribution is 2.22. The van der Waals surface area contributed by atoms with Gasteiger partial charge in [-0.1, -0.05) is 24.4 Å². The molecule has 0 fully saturated rings. The van der Waals surface area contributed by atoms with E-state index in [4.69, 9.17) is 18.0 Å². The van der Waals surface area contributed by atoms with Gasteiger partial charge >= 0.3 is 0 Å². The lowest BCUT2D eigenvalue weighted by atomic mass is 10.2. The van der Waals surface area contributed by atoms with Gasteiger partial charge in [0, 0.05) is 4.47 Å². The molecule has 5 heteroatoms. The Morgan fingerprint density at radius 3 is 2.69 bits per heavy atom. The third-order valence-corrected chi connectivity index (χ3v) is 3.25. The highest BCUT2D eigenvalue weighted by atomic mass is 79.9. The summed E-state index contributed by atoms with van der Waals surface area (Å²) in [6.07, 6.45) is 1.69. The van der Waals surface area contributed by atoms with Crippen molar-refractivity contribution in [3.05, 3.63) is 46.2 Å². The van der Waals surface area contributed by atoms with Crippen LogP contribution in [-0.2, 0) is 0 Å². The predicted octanol–water partition coefficient (Wildman–Crippen LogP) is 2.58. The molecule has 0 saturated carbocycles. The maximum Gasteiger partial charge on any atom is 0.107 e. The third kappa shape index (κ3) is 1.88. The first-order chi connectivity index (χ1) is 7.61. The minimum Gasteiger partial charge on any atom is -0.389 e. The quantitative estimate of drug-likeness (QED) is 0.866. The van der Waals surface area contributed by atoms with Gasteiger partial charge in [0.25, 0.3) is 0 Å². The van der Waals surface area contributed by atoms with Gasteiger partial charge in [-0.05, 0) is 35.0 Å². The van der Waals surface area contributed by atoms with Gasteiger partial charge in [-0.25, -0.2) is 4.68 Å². The van der Waals surface area contributed by atoms with E-state index in [-0.39, 0.29) is 0 Å². The van der Waals surface area contributed by atoms with Crippen LogP contribution in [-0.4, -0.2) is 14.8 Å². The van der Waals surface area contributed by atoms with Gasteiger partial charge in [0.1, 0.15) is 4.99 Å². The van der Waals surface area contributed by atoms with Crippen molar-refractivity contribution in [2.24, 2.45) is 5.73 Å². The highest BCUT2D eigenvalue weighted by Gasteiger charge is 2.11. The third-order valence-electron chi connectivity index (χ3n) is 2.36. The van der Waals surface area contributed by atoms with Gasteiger partial charge in [0.15, 0.2) is 0 Å². The van der Waals surface area contributed by atoms with Crippen molar-refractivity contribution in [2.45, 2.75) is 6.92 Å². The lowest BCUT2D eigenvalue weighted by Gasteiger charge is -2.07. The molecule has 0 aliphatic heterocycles. The smallest absolute Gasteiger partial charge is 0.107 e. The van der Waals surface area contributed by atoms with E-state index in [1.165, 1.54) is 0 Å². The van der Waals surface area contributed by atoms with Crippen LogP contribution in [0.5, 0.6) is 0 Å². The van der Waals surface area contributed by atoms with E-state index in [0.29, 0.717) is 4.99 Å². The fourth-order valence-electron chi connectivity index (χ4n) is 1.52. The molecule has 2 aromatic rings. The number of aromatic nitrogens is 2. The van der Waals surface area contributed by atoms with Crippen molar-refractivity contribution in [1.29, 1.82) is 0 Å². The SMILES string of the molecule is Cc1c(C(N)=S)cnn1-c1ccccc1Br. The second kappa shape index (κ2) is 4.35. The molecule has 1 aromatic heterocycles. The fraction of sp³-hybridized carbons (Fsp3) is 0.0909. The first kappa shape index (κ1) is 11.3. The number of hydrogen-bond donors (Lipinski definition) is 1. The van der Waals surface area contributed by atoms with Gasteiger partial charge in [0.2, 0.25) is 0 Å². The van der Waals surface area contributed by atoms with E-state index < -0.39 is 0 Å². The summed E-state index contributed by atoms with van der Waals surface area (Å²) >= 11 is 8.45. The molecule has 2 rings (SSSR count). The number of hydrogen-bond acceptors (Lipinski definition) is 2. The molecule has 0 aliphatic rings. The standard InChI is InChI=1S/C11H10BrN3S/c1-7-8(11(13)16)6-14-15(7)10-5-3-2-4-9(10)12/h2-6H,1H3,(H2,13,16). The summed E-state index contributed by atoms with van der Waals surface area (Å²) in [5, 5.41) is 4.29. The summed E-state index contributed by atoms with van der Waals surface area (Å²) in [5.74, 6) is 0. The average molecular weight is 296 g/mol. The van der Waals surface area contributed by atoms with E-state index in [1.807, 2.05) is 35.9 Å². The Labute approximate surface area is 107 Å². The molecule has 0 unspecified atom stereocenters. The number of halogens is 1. The first-order valence-electron chi connectivity index (χ1n) is 4.70. The summed E-state index contributed by atoms with van der Waals surface area (Å²) in [6.45, 7) is 1.95. The van der Waals surface area contributed by atoms with Crippen LogP contribution in [0.25, 0.3) is 5.69 Å². The number of benzene rings is 1. The van der Waals surface area contributed by atoms with Gasteiger partial charge in [-0.3, -0.25) is 0 Å². The topological polar surface area (TPSA) is 43.8 Å². The zero-order valence-electron chi connectivity index (χ0n) is 8.64. The highest BCUT2D eigenvalue weighted by molar-refractivity contribution is 9.10. The molecule has 0 aliphatic carbocycles. The van der Waals surface area contributed by atoms with Crippen LogP contribution in [0, 0.1) is 6.92 Å². The lowest BCUT2D eigenvalue weighted by molar-refractivity contribution is 0.843. The first-order valence-corrected chi connectivity index (χ1v) is 5.90. The van der Waals surface area contributed by atoms with Gasteiger partial charge in [-0.2, -0.15) is 5.10 Å². The molecule has 0 atom stereocenters. The summed E-state index contributed by atoms with van der Waals surface area (Å²) in [5.41, 5.74) is 8.34. The second-order valence-corrected chi connectivity index (χ2v) is 4.67. The summed E-state index contributed by atoms with van der Waals surface area (Å²) < 4.78 is 2.80. The molecule has 0 amide bonds. The second-order valence-electron chi connectivity index (χ2n) is 3.37. The molecule has 0 radical (unpaired) electrons. The Morgan fingerprint density at radius 1 is 1.44 bits per heavy atom. The molecule has 1 heterocycles. The molecule has 0 spiro atoms. The van der Waals surface area contributed by atoms with Gasteiger partial charge in [-0.15, -0.1) is 0 Å². The van der Waals surface area contributed by atoms with Crippen molar-refractivity contribution < 1.29 is 0 Å². The largest absolute Gasteiger partial charge is 0.389 e. The van der Waals surface area contributed by atoms with Crippen LogP contribution >= 0.6 is 28.1 Å². The Bertz CT molecular complexity index is 548. The van der Waals surface area contributed by atoms with Crippen LogP contribution in [0.15, 0.2) is 34.9 Å². The zero-order chi connectivity index (χ0) is 11.7. The molecular formula is C11H10BrN3S. The Kier molecular flexibility index (Phi) is 3.07. The van der Waals surface area contributed by atoms with Gasteiger partial charge < -0.3 is 5.73 Å². The number of nitrogens with zero attached hydrogens (tertiary/aromatic N) is 2. The van der Waals surface area contributed by atoms with Crippen LogP contribution in [0.4, 0.5) is 0 Å². The van der Waals surface area contributed by atoms with Crippen molar-refractivity contribution >= 4 is 33.1 Å². The van der Waals surface area contributed by atoms with Crippen LogP contribution in [0.3, 0.4) is 0 Å². The summed E-state index contributed by atoms with van der Waals surface area (Å²) in [4.78, 5) is 0.371. The van der Waals surface area contributed by atoms with E-state index in [1.54, 1.807) is 6.20 Å². The summed E-state index contributed by atoms with van der Waals surface area (Å²) in [6, 6.07) is 7.87. The number of thiocarbonyl (C=S) groups is 1.